The summed E-state index contributed by atoms with van der Waals surface area (Å²) >= 11 is 0. The SMILES string of the molecule is CCCCCCCC/C=C\CCCCCCCCCCCC(=O)OC(CNc1ccccc1)COC(=O)CCCCCCC/C=C\CCCCCCCC. The van der Waals surface area contributed by atoms with E-state index >= 15 is 0 Å². The van der Waals surface area contributed by atoms with Gasteiger partial charge in [0.05, 0.1) is 6.54 Å². The number of benzene rings is 1. The van der Waals surface area contributed by atoms with E-state index in [1.165, 1.54) is 154 Å². The summed E-state index contributed by atoms with van der Waals surface area (Å²) < 4.78 is 11.4. The summed E-state index contributed by atoms with van der Waals surface area (Å²) in [6.45, 7) is 5.04. The molecule has 0 radical (unpaired) electrons. The molecule has 54 heavy (non-hydrogen) atoms. The molecule has 5 nitrogen and oxygen atoms in total. The predicted octanol–water partition coefficient (Wildman–Crippen LogP) is 15.2. The van der Waals surface area contributed by atoms with Crippen LogP contribution in [0.2, 0.25) is 0 Å². The molecule has 1 rings (SSSR count). The molecule has 1 aromatic carbocycles. The van der Waals surface area contributed by atoms with Crippen LogP contribution < -0.4 is 5.32 Å². The van der Waals surface area contributed by atoms with Gasteiger partial charge in [0.2, 0.25) is 0 Å². The van der Waals surface area contributed by atoms with Crippen LogP contribution in [-0.4, -0.2) is 31.2 Å². The molecule has 0 aromatic heterocycles. The van der Waals surface area contributed by atoms with Crippen molar-refractivity contribution in [2.75, 3.05) is 18.5 Å². The molecule has 0 spiro atoms. The van der Waals surface area contributed by atoms with Gasteiger partial charge in [0.15, 0.2) is 6.10 Å². The molecule has 0 amide bonds. The van der Waals surface area contributed by atoms with Crippen LogP contribution in [0.25, 0.3) is 0 Å². The largest absolute Gasteiger partial charge is 0.462 e. The van der Waals surface area contributed by atoms with Gasteiger partial charge in [-0.1, -0.05) is 185 Å². The van der Waals surface area contributed by atoms with Gasteiger partial charge < -0.3 is 14.8 Å². The van der Waals surface area contributed by atoms with Crippen molar-refractivity contribution in [2.24, 2.45) is 0 Å². The Bertz CT molecular complexity index is 1010. The number of ether oxygens (including phenoxy) is 2. The van der Waals surface area contributed by atoms with Crippen molar-refractivity contribution in [1.82, 2.24) is 0 Å². The molecule has 0 aliphatic carbocycles. The van der Waals surface area contributed by atoms with E-state index in [2.05, 4.69) is 43.5 Å². The maximum atomic E-state index is 12.7. The maximum Gasteiger partial charge on any atom is 0.306 e. The highest BCUT2D eigenvalue weighted by Gasteiger charge is 2.17. The first-order valence-electron chi connectivity index (χ1n) is 23.1. The van der Waals surface area contributed by atoms with Crippen molar-refractivity contribution >= 4 is 17.6 Å². The second-order valence-corrected chi connectivity index (χ2v) is 15.6. The van der Waals surface area contributed by atoms with Crippen molar-refractivity contribution < 1.29 is 19.1 Å². The molecule has 1 N–H and O–H groups in total. The third kappa shape index (κ3) is 35.2. The van der Waals surface area contributed by atoms with Gasteiger partial charge in [-0.15, -0.1) is 0 Å². The Hall–Kier alpha value is -2.56. The van der Waals surface area contributed by atoms with E-state index in [4.69, 9.17) is 9.47 Å². The number of hydrogen-bond acceptors (Lipinski definition) is 5. The first-order valence-corrected chi connectivity index (χ1v) is 23.1. The number of hydrogen-bond donors (Lipinski definition) is 1. The zero-order chi connectivity index (χ0) is 38.8. The van der Waals surface area contributed by atoms with Crippen molar-refractivity contribution in [1.29, 1.82) is 0 Å². The summed E-state index contributed by atoms with van der Waals surface area (Å²) in [5, 5.41) is 3.33. The number of unbranched alkanes of at least 4 members (excludes halogenated alkanes) is 26. The van der Waals surface area contributed by atoms with E-state index < -0.39 is 6.10 Å². The average molecular weight is 752 g/mol. The molecule has 0 saturated carbocycles. The van der Waals surface area contributed by atoms with Crippen LogP contribution >= 0.6 is 0 Å². The fraction of sp³-hybridized carbons (Fsp3) is 0.755. The van der Waals surface area contributed by atoms with Gasteiger partial charge in [0.1, 0.15) is 6.61 Å². The Kier molecular flexibility index (Phi) is 36.7. The highest BCUT2D eigenvalue weighted by molar-refractivity contribution is 5.70. The molecule has 1 unspecified atom stereocenters. The molecular weight excluding hydrogens is 667 g/mol. The number of allylic oxidation sites excluding steroid dienone is 4. The molecule has 0 aliphatic rings. The second-order valence-electron chi connectivity index (χ2n) is 15.6. The molecule has 0 bridgehead atoms. The summed E-state index contributed by atoms with van der Waals surface area (Å²) in [5.41, 5.74) is 0.953. The Morgan fingerprint density at radius 3 is 1.30 bits per heavy atom. The third-order valence-corrected chi connectivity index (χ3v) is 10.3. The van der Waals surface area contributed by atoms with Gasteiger partial charge in [-0.25, -0.2) is 0 Å². The van der Waals surface area contributed by atoms with Crippen LogP contribution in [0.15, 0.2) is 54.6 Å². The number of carbonyl (C=O) groups is 2. The summed E-state index contributed by atoms with van der Waals surface area (Å²) in [5.74, 6) is -0.409. The van der Waals surface area contributed by atoms with Crippen molar-refractivity contribution in [2.45, 2.75) is 225 Å². The van der Waals surface area contributed by atoms with Crippen LogP contribution in [0.5, 0.6) is 0 Å². The number of nitrogens with one attached hydrogen (secondary N) is 1. The van der Waals surface area contributed by atoms with E-state index in [1.54, 1.807) is 0 Å². The van der Waals surface area contributed by atoms with Crippen LogP contribution in [0.4, 0.5) is 5.69 Å². The van der Waals surface area contributed by atoms with Crippen LogP contribution in [0, 0.1) is 0 Å². The smallest absolute Gasteiger partial charge is 0.306 e. The van der Waals surface area contributed by atoms with Gasteiger partial charge in [-0.05, 0) is 76.3 Å². The lowest BCUT2D eigenvalue weighted by Gasteiger charge is -2.19. The number of esters is 2. The third-order valence-electron chi connectivity index (χ3n) is 10.3. The summed E-state index contributed by atoms with van der Waals surface area (Å²) in [4.78, 5) is 25.2. The number of para-hydroxylation sites is 1. The summed E-state index contributed by atoms with van der Waals surface area (Å²) in [6, 6.07) is 9.86. The number of rotatable bonds is 40. The quantitative estimate of drug-likeness (QED) is 0.0411. The average Bonchev–Trinajstić information content (AvgIpc) is 3.18. The van der Waals surface area contributed by atoms with E-state index in [0.717, 1.165) is 44.2 Å². The molecule has 0 fully saturated rings. The summed E-state index contributed by atoms with van der Waals surface area (Å²) in [6.07, 6.45) is 47.4. The van der Waals surface area contributed by atoms with E-state index in [1.807, 2.05) is 30.3 Å². The molecule has 5 heteroatoms. The molecule has 1 aromatic rings. The van der Waals surface area contributed by atoms with E-state index in [-0.39, 0.29) is 18.5 Å². The minimum Gasteiger partial charge on any atom is -0.462 e. The topological polar surface area (TPSA) is 64.6 Å². The Balaban J connectivity index is 2.11. The predicted molar refractivity (Wildman–Crippen MR) is 233 cm³/mol. The minimum atomic E-state index is -0.508. The van der Waals surface area contributed by atoms with Gasteiger partial charge in [0, 0.05) is 18.5 Å². The minimum absolute atomic E-state index is 0.0883. The molecule has 0 aliphatic heterocycles. The monoisotopic (exact) mass is 752 g/mol. The number of anilines is 1. The van der Waals surface area contributed by atoms with Gasteiger partial charge in [-0.3, -0.25) is 9.59 Å². The lowest BCUT2D eigenvalue weighted by atomic mass is 10.1. The normalized spacial score (nSPS) is 12.1. The Morgan fingerprint density at radius 2 is 0.870 bits per heavy atom. The van der Waals surface area contributed by atoms with Gasteiger partial charge in [-0.2, -0.15) is 0 Å². The van der Waals surface area contributed by atoms with Crippen molar-refractivity contribution in [3.05, 3.63) is 54.6 Å². The standard InChI is InChI=1S/C49H85NO4/c1-3-5-7-9-11-13-15-17-19-20-21-22-24-26-28-30-32-34-39-43-49(52)54-47(44-50-46-40-36-35-37-41-46)45-53-48(51)42-38-33-31-29-27-25-23-18-16-14-12-10-8-6-4-2/h17-19,23,35-37,40-41,47,50H,3-16,20-22,24-34,38-39,42-45H2,1-2H3/b19-17-,23-18-. The summed E-state index contributed by atoms with van der Waals surface area (Å²) in [7, 11) is 0. The fourth-order valence-corrected chi connectivity index (χ4v) is 6.81. The van der Waals surface area contributed by atoms with Crippen molar-refractivity contribution in [3.63, 3.8) is 0 Å². The molecule has 0 saturated heterocycles. The molecular formula is C49H85NO4. The van der Waals surface area contributed by atoms with Crippen LogP contribution in [-0.2, 0) is 19.1 Å². The Labute approximate surface area is 334 Å². The molecule has 310 valence electrons. The molecule has 0 heterocycles. The highest BCUT2D eigenvalue weighted by Crippen LogP contribution is 2.15. The van der Waals surface area contributed by atoms with Gasteiger partial charge >= 0.3 is 11.9 Å². The highest BCUT2D eigenvalue weighted by atomic mass is 16.6. The zero-order valence-electron chi connectivity index (χ0n) is 35.4. The zero-order valence-corrected chi connectivity index (χ0v) is 35.4. The first-order chi connectivity index (χ1) is 26.7. The second kappa shape index (κ2) is 40.1. The molecule has 1 atom stereocenters. The van der Waals surface area contributed by atoms with E-state index in [0.29, 0.717) is 19.4 Å². The van der Waals surface area contributed by atoms with E-state index in [9.17, 15) is 9.59 Å². The maximum absolute atomic E-state index is 12.7. The Morgan fingerprint density at radius 1 is 0.500 bits per heavy atom. The fourth-order valence-electron chi connectivity index (χ4n) is 6.81. The first kappa shape index (κ1) is 49.5. The van der Waals surface area contributed by atoms with Gasteiger partial charge in [0.25, 0.3) is 0 Å². The van der Waals surface area contributed by atoms with Crippen LogP contribution in [0.3, 0.4) is 0 Å². The van der Waals surface area contributed by atoms with Crippen molar-refractivity contribution in [3.8, 4) is 0 Å². The lowest BCUT2D eigenvalue weighted by molar-refractivity contribution is -0.158. The number of carbonyl (C=O) groups excluding carboxylic acids is 2. The van der Waals surface area contributed by atoms with Crippen LogP contribution in [0.1, 0.15) is 219 Å². The lowest BCUT2D eigenvalue weighted by Crippen LogP contribution is -2.31.